The van der Waals surface area contributed by atoms with E-state index in [1.54, 1.807) is 0 Å². The van der Waals surface area contributed by atoms with Gasteiger partial charge in [-0.25, -0.2) is 0 Å². The van der Waals surface area contributed by atoms with Crippen molar-refractivity contribution in [3.8, 4) is 0 Å². The number of nitrogens with zero attached hydrogens (tertiary/aromatic N) is 1. The molecule has 0 aliphatic heterocycles. The molecule has 3 nitrogen and oxygen atoms in total. The molecule has 0 amide bonds. The molecule has 31 heavy (non-hydrogen) atoms. The molecular formula is C27H54LiNO2. The Balaban J connectivity index is 0. The second kappa shape index (κ2) is 26.3. The van der Waals surface area contributed by atoms with E-state index in [2.05, 4.69) is 25.7 Å². The maximum absolute atomic E-state index is 11.0. The van der Waals surface area contributed by atoms with Gasteiger partial charge < -0.3 is 14.8 Å². The summed E-state index contributed by atoms with van der Waals surface area (Å²) < 4.78 is 0. The van der Waals surface area contributed by atoms with Crippen molar-refractivity contribution in [3.63, 3.8) is 0 Å². The minimum atomic E-state index is -0.893. The SMILES string of the molecule is CCCCCCCCCCN(CCCCCCCCCC)C(CCC)CCC(=O)[O-].[Li+]. The molecule has 0 aliphatic carbocycles. The van der Waals surface area contributed by atoms with E-state index in [9.17, 15) is 9.90 Å². The van der Waals surface area contributed by atoms with Crippen LogP contribution < -0.4 is 24.0 Å². The van der Waals surface area contributed by atoms with Crippen molar-refractivity contribution in [3.05, 3.63) is 0 Å². The summed E-state index contributed by atoms with van der Waals surface area (Å²) >= 11 is 0. The van der Waals surface area contributed by atoms with Gasteiger partial charge in [0, 0.05) is 12.0 Å². The smallest absolute Gasteiger partial charge is 0.550 e. The van der Waals surface area contributed by atoms with E-state index in [1.807, 2.05) is 0 Å². The third-order valence-electron chi connectivity index (χ3n) is 6.42. The van der Waals surface area contributed by atoms with Gasteiger partial charge in [-0.15, -0.1) is 0 Å². The first-order chi connectivity index (χ1) is 14.7. The van der Waals surface area contributed by atoms with Gasteiger partial charge in [0.2, 0.25) is 0 Å². The molecule has 0 N–H and O–H groups in total. The fourth-order valence-electron chi connectivity index (χ4n) is 4.50. The van der Waals surface area contributed by atoms with Crippen molar-refractivity contribution < 1.29 is 28.8 Å². The van der Waals surface area contributed by atoms with E-state index in [0.29, 0.717) is 6.04 Å². The summed E-state index contributed by atoms with van der Waals surface area (Å²) in [5.41, 5.74) is 0. The molecule has 0 rings (SSSR count). The molecule has 0 spiro atoms. The third-order valence-corrected chi connectivity index (χ3v) is 6.42. The fraction of sp³-hybridized carbons (Fsp3) is 0.963. The van der Waals surface area contributed by atoms with E-state index >= 15 is 0 Å². The summed E-state index contributed by atoms with van der Waals surface area (Å²) in [6, 6.07) is 0.419. The first-order valence-electron chi connectivity index (χ1n) is 13.6. The largest absolute Gasteiger partial charge is 1.00 e. The number of carbonyl (C=O) groups is 1. The molecule has 1 atom stereocenters. The summed E-state index contributed by atoms with van der Waals surface area (Å²) in [5.74, 6) is -0.893. The van der Waals surface area contributed by atoms with Crippen molar-refractivity contribution in [2.45, 2.75) is 155 Å². The molecule has 0 heterocycles. The Morgan fingerprint density at radius 2 is 1.00 bits per heavy atom. The van der Waals surface area contributed by atoms with E-state index in [4.69, 9.17) is 0 Å². The zero-order valence-electron chi connectivity index (χ0n) is 21.9. The number of unbranched alkanes of at least 4 members (excludes halogenated alkanes) is 14. The van der Waals surface area contributed by atoms with Crippen LogP contribution in [-0.2, 0) is 4.79 Å². The number of carbonyl (C=O) groups excluding carboxylic acids is 1. The normalized spacial score (nSPS) is 12.1. The summed E-state index contributed by atoms with van der Waals surface area (Å²) in [7, 11) is 0. The Morgan fingerprint density at radius 3 is 1.35 bits per heavy atom. The second-order valence-corrected chi connectivity index (χ2v) is 9.34. The van der Waals surface area contributed by atoms with Gasteiger partial charge in [-0.3, -0.25) is 0 Å². The minimum absolute atomic E-state index is 0. The quantitative estimate of drug-likeness (QED) is 0.169. The van der Waals surface area contributed by atoms with Gasteiger partial charge in [0.25, 0.3) is 0 Å². The van der Waals surface area contributed by atoms with Gasteiger partial charge in [0.1, 0.15) is 0 Å². The van der Waals surface area contributed by atoms with Gasteiger partial charge in [0.15, 0.2) is 0 Å². The van der Waals surface area contributed by atoms with Crippen LogP contribution in [0.1, 0.15) is 149 Å². The fourth-order valence-corrected chi connectivity index (χ4v) is 4.50. The van der Waals surface area contributed by atoms with Gasteiger partial charge >= 0.3 is 18.9 Å². The topological polar surface area (TPSA) is 43.4 Å². The molecular weight excluding hydrogens is 377 g/mol. The van der Waals surface area contributed by atoms with Crippen LogP contribution in [0.25, 0.3) is 0 Å². The number of hydrogen-bond acceptors (Lipinski definition) is 3. The number of aliphatic carboxylic acids is 1. The summed E-state index contributed by atoms with van der Waals surface area (Å²) in [4.78, 5) is 13.6. The zero-order valence-corrected chi connectivity index (χ0v) is 21.9. The molecule has 0 aromatic rings. The number of carboxylic acid groups (broad SMARTS) is 1. The predicted octanol–water partition coefficient (Wildman–Crippen LogP) is 4.27. The maximum atomic E-state index is 11.0. The Bertz CT molecular complexity index is 345. The summed E-state index contributed by atoms with van der Waals surface area (Å²) in [6.45, 7) is 9.05. The molecule has 0 radical (unpaired) electrons. The van der Waals surface area contributed by atoms with Crippen molar-refractivity contribution in [1.82, 2.24) is 4.90 Å². The number of hydrogen-bond donors (Lipinski definition) is 0. The zero-order chi connectivity index (χ0) is 22.3. The molecule has 0 bridgehead atoms. The van der Waals surface area contributed by atoms with Crippen LogP contribution in [0.4, 0.5) is 0 Å². The second-order valence-electron chi connectivity index (χ2n) is 9.34. The molecule has 1 unspecified atom stereocenters. The monoisotopic (exact) mass is 431 g/mol. The minimum Gasteiger partial charge on any atom is -0.550 e. The molecule has 0 saturated heterocycles. The average Bonchev–Trinajstić information content (AvgIpc) is 2.73. The van der Waals surface area contributed by atoms with Crippen LogP contribution in [0.2, 0.25) is 0 Å². The van der Waals surface area contributed by atoms with Crippen LogP contribution >= 0.6 is 0 Å². The summed E-state index contributed by atoms with van der Waals surface area (Å²) in [6.07, 6.45) is 24.8. The van der Waals surface area contributed by atoms with E-state index in [1.165, 1.54) is 103 Å². The van der Waals surface area contributed by atoms with E-state index in [0.717, 1.165) is 32.4 Å². The molecule has 180 valence electrons. The third kappa shape index (κ3) is 23.0. The molecule has 0 fully saturated rings. The number of rotatable bonds is 24. The Morgan fingerprint density at radius 1 is 0.613 bits per heavy atom. The van der Waals surface area contributed by atoms with Gasteiger partial charge in [-0.05, 0) is 45.2 Å². The first-order valence-corrected chi connectivity index (χ1v) is 13.6. The van der Waals surface area contributed by atoms with Crippen molar-refractivity contribution in [1.29, 1.82) is 0 Å². The molecule has 0 aromatic heterocycles. The summed E-state index contributed by atoms with van der Waals surface area (Å²) in [5, 5.41) is 11.0. The Hall–Kier alpha value is 0.0274. The Kier molecular flexibility index (Phi) is 28.1. The molecule has 0 aliphatic rings. The van der Waals surface area contributed by atoms with Crippen LogP contribution in [-0.4, -0.2) is 30.0 Å². The van der Waals surface area contributed by atoms with Crippen LogP contribution in [0.15, 0.2) is 0 Å². The first kappa shape index (κ1) is 33.2. The average molecular weight is 432 g/mol. The van der Waals surface area contributed by atoms with Gasteiger partial charge in [-0.1, -0.05) is 117 Å². The van der Waals surface area contributed by atoms with Crippen molar-refractivity contribution in [2.24, 2.45) is 0 Å². The van der Waals surface area contributed by atoms with Gasteiger partial charge in [-0.2, -0.15) is 0 Å². The van der Waals surface area contributed by atoms with Crippen molar-refractivity contribution >= 4 is 5.97 Å². The van der Waals surface area contributed by atoms with Crippen molar-refractivity contribution in [2.75, 3.05) is 13.1 Å². The standard InChI is InChI=1S/C27H55NO2.Li/c1-4-7-9-11-13-15-17-19-24-28(26(21-6-3)22-23-27(29)30)25-20-18-16-14-12-10-8-5-2;/h26H,4-25H2,1-3H3,(H,29,30);/q;+1/p-1. The molecule has 0 saturated carbocycles. The molecule has 4 heteroatoms. The Labute approximate surface area is 207 Å². The van der Waals surface area contributed by atoms with E-state index in [-0.39, 0.29) is 25.3 Å². The predicted molar refractivity (Wildman–Crippen MR) is 130 cm³/mol. The van der Waals surface area contributed by atoms with E-state index < -0.39 is 5.97 Å². The van der Waals surface area contributed by atoms with Gasteiger partial charge in [0.05, 0.1) is 0 Å². The van der Waals surface area contributed by atoms with Crippen LogP contribution in [0, 0.1) is 0 Å². The maximum Gasteiger partial charge on any atom is 1.00 e. The van der Waals surface area contributed by atoms with Crippen LogP contribution in [0.3, 0.4) is 0 Å². The number of carboxylic acids is 1. The van der Waals surface area contributed by atoms with Crippen LogP contribution in [0.5, 0.6) is 0 Å². The molecule has 0 aromatic carbocycles.